The van der Waals surface area contributed by atoms with Crippen LogP contribution in [0.15, 0.2) is 46.9 Å². The summed E-state index contributed by atoms with van der Waals surface area (Å²) in [5.41, 5.74) is 4.30. The van der Waals surface area contributed by atoms with Crippen LogP contribution in [0.4, 0.5) is 11.4 Å². The van der Waals surface area contributed by atoms with Gasteiger partial charge in [-0.2, -0.15) is 0 Å². The van der Waals surface area contributed by atoms with Crippen molar-refractivity contribution >= 4 is 33.6 Å². The van der Waals surface area contributed by atoms with Crippen molar-refractivity contribution in [3.63, 3.8) is 0 Å². The second-order valence-electron chi connectivity index (χ2n) is 4.70. The molecule has 2 aromatic carbocycles. The van der Waals surface area contributed by atoms with Crippen LogP contribution in [0.2, 0.25) is 0 Å². The van der Waals surface area contributed by atoms with Crippen molar-refractivity contribution in [3.05, 3.63) is 58.1 Å². The Hall–Kier alpha value is -1.61. The fraction of sp³-hybridized carbons (Fsp3) is 0.188. The Labute approximate surface area is 121 Å². The lowest BCUT2D eigenvalue weighted by molar-refractivity contribution is 0.112. The third-order valence-electron chi connectivity index (χ3n) is 3.52. The predicted octanol–water partition coefficient (Wildman–Crippen LogP) is 4.35. The zero-order chi connectivity index (χ0) is 13.2. The smallest absolute Gasteiger partial charge is 0.152 e. The van der Waals surface area contributed by atoms with Crippen LogP contribution in [0.1, 0.15) is 22.3 Å². The molecule has 0 radical (unpaired) electrons. The van der Waals surface area contributed by atoms with Crippen molar-refractivity contribution in [1.82, 2.24) is 0 Å². The van der Waals surface area contributed by atoms with Gasteiger partial charge in [-0.05, 0) is 42.7 Å². The van der Waals surface area contributed by atoms with Crippen molar-refractivity contribution < 1.29 is 4.79 Å². The van der Waals surface area contributed by atoms with Gasteiger partial charge in [0.25, 0.3) is 0 Å². The highest BCUT2D eigenvalue weighted by atomic mass is 79.9. The van der Waals surface area contributed by atoms with E-state index in [9.17, 15) is 4.79 Å². The molecule has 1 heterocycles. The zero-order valence-corrected chi connectivity index (χ0v) is 12.1. The van der Waals surface area contributed by atoms with Crippen LogP contribution in [0, 0.1) is 0 Å². The van der Waals surface area contributed by atoms with Gasteiger partial charge in [-0.3, -0.25) is 4.79 Å². The van der Waals surface area contributed by atoms with E-state index in [1.807, 2.05) is 18.2 Å². The van der Waals surface area contributed by atoms with E-state index >= 15 is 0 Å². The van der Waals surface area contributed by atoms with Gasteiger partial charge in [0.15, 0.2) is 6.29 Å². The quantitative estimate of drug-likeness (QED) is 0.768. The van der Waals surface area contributed by atoms with Gasteiger partial charge in [-0.1, -0.05) is 34.1 Å². The van der Waals surface area contributed by atoms with E-state index in [-0.39, 0.29) is 0 Å². The fourth-order valence-electron chi connectivity index (χ4n) is 2.65. The Morgan fingerprint density at radius 3 is 2.79 bits per heavy atom. The third-order valence-corrected chi connectivity index (χ3v) is 4.01. The molecule has 2 nitrogen and oxygen atoms in total. The summed E-state index contributed by atoms with van der Waals surface area (Å²) >= 11 is 3.42. The second-order valence-corrected chi connectivity index (χ2v) is 5.62. The molecule has 0 aliphatic carbocycles. The molecule has 0 saturated carbocycles. The number of rotatable bonds is 2. The second kappa shape index (κ2) is 5.17. The van der Waals surface area contributed by atoms with Gasteiger partial charge < -0.3 is 4.90 Å². The van der Waals surface area contributed by atoms with E-state index in [2.05, 4.69) is 45.1 Å². The molecule has 2 aromatic rings. The first-order valence-electron chi connectivity index (χ1n) is 6.40. The Bertz CT molecular complexity index is 624. The minimum Gasteiger partial charge on any atom is -0.341 e. The highest BCUT2D eigenvalue weighted by molar-refractivity contribution is 9.10. The number of fused-ring (bicyclic) bond motifs is 1. The van der Waals surface area contributed by atoms with Crippen molar-refractivity contribution in [2.24, 2.45) is 0 Å². The lowest BCUT2D eigenvalue weighted by Gasteiger charge is -2.32. The van der Waals surface area contributed by atoms with E-state index in [1.165, 1.54) is 11.3 Å². The number of nitrogens with zero attached hydrogens (tertiary/aromatic N) is 1. The minimum atomic E-state index is 0.728. The van der Waals surface area contributed by atoms with Gasteiger partial charge in [0.1, 0.15) is 0 Å². The van der Waals surface area contributed by atoms with Crippen molar-refractivity contribution in [2.75, 3.05) is 11.4 Å². The van der Waals surface area contributed by atoms with E-state index in [4.69, 9.17) is 0 Å². The van der Waals surface area contributed by atoms with E-state index in [0.29, 0.717) is 0 Å². The SMILES string of the molecule is O=Cc1cc(Br)ccc1N1CCCc2ccccc21. The van der Waals surface area contributed by atoms with Crippen molar-refractivity contribution in [3.8, 4) is 0 Å². The highest BCUT2D eigenvalue weighted by Crippen LogP contribution is 2.35. The Morgan fingerprint density at radius 1 is 1.11 bits per heavy atom. The lowest BCUT2D eigenvalue weighted by Crippen LogP contribution is -2.25. The van der Waals surface area contributed by atoms with Gasteiger partial charge >= 0.3 is 0 Å². The normalized spacial score (nSPS) is 14.1. The topological polar surface area (TPSA) is 20.3 Å². The zero-order valence-electron chi connectivity index (χ0n) is 10.5. The van der Waals surface area contributed by atoms with Crippen LogP contribution in [-0.2, 0) is 6.42 Å². The van der Waals surface area contributed by atoms with Crippen LogP contribution in [-0.4, -0.2) is 12.8 Å². The maximum atomic E-state index is 11.3. The molecule has 96 valence electrons. The number of para-hydroxylation sites is 1. The molecule has 0 unspecified atom stereocenters. The number of aldehydes is 1. The molecule has 0 fully saturated rings. The summed E-state index contributed by atoms with van der Waals surface area (Å²) in [6, 6.07) is 14.3. The van der Waals surface area contributed by atoms with Gasteiger partial charge in [-0.25, -0.2) is 0 Å². The molecule has 1 aliphatic rings. The molecule has 0 saturated heterocycles. The molecule has 3 rings (SSSR count). The third kappa shape index (κ3) is 2.30. The number of hydrogen-bond acceptors (Lipinski definition) is 2. The van der Waals surface area contributed by atoms with E-state index in [0.717, 1.165) is 41.4 Å². The Kier molecular flexibility index (Phi) is 3.38. The molecule has 0 atom stereocenters. The molecule has 0 amide bonds. The average molecular weight is 316 g/mol. The summed E-state index contributed by atoms with van der Waals surface area (Å²) in [6.07, 6.45) is 3.16. The number of benzene rings is 2. The molecule has 19 heavy (non-hydrogen) atoms. The molecule has 0 spiro atoms. The summed E-state index contributed by atoms with van der Waals surface area (Å²) < 4.78 is 0.934. The molecule has 3 heteroatoms. The van der Waals surface area contributed by atoms with Crippen LogP contribution in [0.5, 0.6) is 0 Å². The summed E-state index contributed by atoms with van der Waals surface area (Å²) in [7, 11) is 0. The minimum absolute atomic E-state index is 0.728. The molecule has 0 bridgehead atoms. The largest absolute Gasteiger partial charge is 0.341 e. The lowest BCUT2D eigenvalue weighted by atomic mass is 10.0. The first-order chi connectivity index (χ1) is 9.29. The average Bonchev–Trinajstić information content (AvgIpc) is 2.46. The maximum absolute atomic E-state index is 11.3. The predicted molar refractivity (Wildman–Crippen MR) is 81.3 cm³/mol. The molecule has 1 aliphatic heterocycles. The number of carbonyl (C=O) groups excluding carboxylic acids is 1. The van der Waals surface area contributed by atoms with Crippen LogP contribution < -0.4 is 4.90 Å². The standard InChI is InChI=1S/C16H14BrNO/c17-14-7-8-16(13(10-14)11-19)18-9-3-5-12-4-1-2-6-15(12)18/h1-2,4,6-8,10-11H,3,5,9H2. The first kappa shape index (κ1) is 12.4. The number of halogens is 1. The summed E-state index contributed by atoms with van der Waals surface area (Å²) in [4.78, 5) is 13.5. The maximum Gasteiger partial charge on any atom is 0.152 e. The number of hydrogen-bond donors (Lipinski definition) is 0. The van der Waals surface area contributed by atoms with Crippen molar-refractivity contribution in [2.45, 2.75) is 12.8 Å². The van der Waals surface area contributed by atoms with Crippen molar-refractivity contribution in [1.29, 1.82) is 0 Å². The number of carbonyl (C=O) groups is 1. The summed E-state index contributed by atoms with van der Waals surface area (Å²) in [5, 5.41) is 0. The summed E-state index contributed by atoms with van der Waals surface area (Å²) in [5.74, 6) is 0. The Morgan fingerprint density at radius 2 is 1.95 bits per heavy atom. The van der Waals surface area contributed by atoms with E-state index < -0.39 is 0 Å². The summed E-state index contributed by atoms with van der Waals surface area (Å²) in [6.45, 7) is 0.958. The number of aryl methyl sites for hydroxylation is 1. The van der Waals surface area contributed by atoms with Crippen LogP contribution in [0.3, 0.4) is 0 Å². The van der Waals surface area contributed by atoms with Gasteiger partial charge in [0, 0.05) is 22.3 Å². The molecular weight excluding hydrogens is 302 g/mol. The molecule has 0 aromatic heterocycles. The van der Waals surface area contributed by atoms with Gasteiger partial charge in [0.05, 0.1) is 5.69 Å². The first-order valence-corrected chi connectivity index (χ1v) is 7.19. The van der Waals surface area contributed by atoms with Crippen LogP contribution >= 0.6 is 15.9 Å². The van der Waals surface area contributed by atoms with Gasteiger partial charge in [0.2, 0.25) is 0 Å². The molecular formula is C16H14BrNO. The highest BCUT2D eigenvalue weighted by Gasteiger charge is 2.19. The van der Waals surface area contributed by atoms with Crippen LogP contribution in [0.25, 0.3) is 0 Å². The molecule has 0 N–H and O–H groups in total. The Balaban J connectivity index is 2.11. The number of anilines is 2. The monoisotopic (exact) mass is 315 g/mol. The van der Waals surface area contributed by atoms with Gasteiger partial charge in [-0.15, -0.1) is 0 Å². The van der Waals surface area contributed by atoms with E-state index in [1.54, 1.807) is 0 Å². The fourth-order valence-corrected chi connectivity index (χ4v) is 3.03.